The maximum atomic E-state index is 14.7. The number of hydrogen-bond donors (Lipinski definition) is 6. The van der Waals surface area contributed by atoms with Gasteiger partial charge >= 0.3 is 37.4 Å². The smallest absolute Gasteiger partial charge is 0.870 e. The summed E-state index contributed by atoms with van der Waals surface area (Å²) < 4.78 is 104. The number of carbonyl (C=O) groups excluding carboxylic acids is 2. The average Bonchev–Trinajstić information content (AvgIpc) is 3.34. The minimum Gasteiger partial charge on any atom is -0.870 e. The summed E-state index contributed by atoms with van der Waals surface area (Å²) in [5, 5.41) is 11.2. The number of methoxy groups -OCH3 is 6. The van der Waals surface area contributed by atoms with Crippen molar-refractivity contribution in [2.75, 3.05) is 87.2 Å². The fourth-order valence-corrected chi connectivity index (χ4v) is 7.90. The molecule has 0 saturated heterocycles. The number of phosphoric ester groups is 2. The number of benzene rings is 2. The van der Waals surface area contributed by atoms with Gasteiger partial charge in [0.2, 0.25) is 23.4 Å². The van der Waals surface area contributed by atoms with Crippen LogP contribution in [0.4, 0.5) is 67.0 Å². The van der Waals surface area contributed by atoms with E-state index in [2.05, 4.69) is 60.2 Å². The summed E-state index contributed by atoms with van der Waals surface area (Å²) in [4.78, 5) is 92.5. The number of phosphoric acid groups is 2. The molecule has 2 amide bonds. The Bertz CT molecular complexity index is 3150. The van der Waals surface area contributed by atoms with Crippen LogP contribution in [-0.2, 0) is 27.8 Å². The monoisotopic (exact) mass is 1210 g/mol. The zero-order valence-electron chi connectivity index (χ0n) is 45.3. The first-order valence-electron chi connectivity index (χ1n) is 22.8. The molecule has 36 heteroatoms. The second-order valence-corrected chi connectivity index (χ2v) is 19.7. The molecule has 444 valence electrons. The largest absolute Gasteiger partial charge is 1.00 e. The summed E-state index contributed by atoms with van der Waals surface area (Å²) in [6.45, 7) is 4.13. The van der Waals surface area contributed by atoms with Gasteiger partial charge in [-0.25, -0.2) is 33.3 Å². The summed E-state index contributed by atoms with van der Waals surface area (Å²) in [7, 11) is -1.56. The third-order valence-electron chi connectivity index (χ3n) is 11.0. The zero-order chi connectivity index (χ0) is 58.5. The molecule has 0 saturated carbocycles. The molecule has 0 aliphatic carbocycles. The minimum atomic E-state index is -5.41. The van der Waals surface area contributed by atoms with Crippen LogP contribution in [0.5, 0.6) is 46.0 Å². The van der Waals surface area contributed by atoms with E-state index in [0.29, 0.717) is 45.9 Å². The van der Waals surface area contributed by atoms with Crippen molar-refractivity contribution in [2.24, 2.45) is 0 Å². The predicted molar refractivity (Wildman–Crippen MR) is 282 cm³/mol. The summed E-state index contributed by atoms with van der Waals surface area (Å²) in [6.07, 6.45) is 1.85. The molecule has 6 heterocycles. The molecule has 31 nitrogen and oxygen atoms in total. The summed E-state index contributed by atoms with van der Waals surface area (Å²) in [6, 6.07) is 12.2. The standard InChI is InChI=1S/2C23H26FN6O9P.CH4.Na.H2O/c2*1-23(2)21(31)30(11-38-40(32,33)34)20-14(39-23)6-7-17(28-20)27-19-13(24)10-25-22(29-19)26-12-8-15(35-3)18(37-5)16(9-12)36-4;;;/h2*6-10H,11H2,1-5H3,(H2,32,33,34)(H2,25,26,27,28,29);1H4;;1H2/q;;;+1;/p-3. The summed E-state index contributed by atoms with van der Waals surface area (Å²) in [5.74, 6) is -1.36. The molecule has 6 aromatic rings. The van der Waals surface area contributed by atoms with Gasteiger partial charge in [-0.2, -0.15) is 9.97 Å². The second-order valence-electron chi connectivity index (χ2n) is 17.3. The Labute approximate surface area is 494 Å². The number of ether oxygens (including phenoxy) is 8. The van der Waals surface area contributed by atoms with Crippen LogP contribution in [0.3, 0.4) is 0 Å². The van der Waals surface area contributed by atoms with Crippen molar-refractivity contribution in [2.45, 2.75) is 46.3 Å². The van der Waals surface area contributed by atoms with Crippen LogP contribution in [0.1, 0.15) is 35.1 Å². The third kappa shape index (κ3) is 16.4. The van der Waals surface area contributed by atoms with Crippen molar-refractivity contribution < 1.29 is 129 Å². The van der Waals surface area contributed by atoms with Crippen LogP contribution >= 0.6 is 15.6 Å². The van der Waals surface area contributed by atoms with E-state index in [9.17, 15) is 37.3 Å². The topological polar surface area (TPSA) is 409 Å². The zero-order valence-corrected chi connectivity index (χ0v) is 49.1. The van der Waals surface area contributed by atoms with E-state index in [0.717, 1.165) is 22.2 Å². The maximum absolute atomic E-state index is 14.7. The van der Waals surface area contributed by atoms with E-state index in [-0.39, 0.29) is 101 Å². The molecule has 2 aliphatic heterocycles. The quantitative estimate of drug-likeness (QED) is 0.0472. The fourth-order valence-electron chi connectivity index (χ4n) is 7.37. The number of pyridine rings is 2. The summed E-state index contributed by atoms with van der Waals surface area (Å²) >= 11 is 0. The molecule has 0 atom stereocenters. The van der Waals surface area contributed by atoms with Crippen LogP contribution in [0.15, 0.2) is 60.9 Å². The van der Waals surface area contributed by atoms with Crippen LogP contribution < -0.4 is 108 Å². The Balaban J connectivity index is 0.000000344. The molecule has 2 aliphatic rings. The van der Waals surface area contributed by atoms with Gasteiger partial charge in [0, 0.05) is 35.6 Å². The minimum absolute atomic E-state index is 0. The van der Waals surface area contributed by atoms with Crippen molar-refractivity contribution in [1.82, 2.24) is 29.9 Å². The third-order valence-corrected chi connectivity index (χ3v) is 11.8. The normalized spacial score (nSPS) is 13.7. The SMILES string of the molecule is C.COc1cc(Nc2ncc(F)c(Nc3ccc4c(n3)N(COP(=O)(O)O)C(=O)C(C)(C)O4)n2)cc(OC)c1OC.COc1cc(Nc2ncc(F)c(Nc3ccc4c(n3)N(COP(=O)([O-])[O-])C(=O)C(C)(C)O4)n2)cc(OC)c1OC.[Na+].[OH-]. The van der Waals surface area contributed by atoms with Crippen LogP contribution in [0, 0.1) is 11.6 Å². The maximum Gasteiger partial charge on any atom is 1.00 e. The molecular formula is C47H55F2N12NaO19P2-2. The van der Waals surface area contributed by atoms with Crippen molar-refractivity contribution in [3.63, 3.8) is 0 Å². The Morgan fingerprint density at radius 3 is 1.25 bits per heavy atom. The number of anilines is 10. The number of aromatic nitrogens is 6. The van der Waals surface area contributed by atoms with E-state index in [1.54, 1.807) is 24.3 Å². The number of carbonyl (C=O) groups is 2. The van der Waals surface area contributed by atoms with Crippen LogP contribution in [0.2, 0.25) is 0 Å². The molecule has 4 aromatic heterocycles. The molecule has 0 bridgehead atoms. The summed E-state index contributed by atoms with van der Waals surface area (Å²) in [5.41, 5.74) is -1.87. The van der Waals surface area contributed by atoms with Gasteiger partial charge in [-0.15, -0.1) is 0 Å². The van der Waals surface area contributed by atoms with Gasteiger partial charge in [0.25, 0.3) is 11.8 Å². The molecule has 7 N–H and O–H groups in total. The fraction of sp³-hybridized carbons (Fsp3) is 0.319. The van der Waals surface area contributed by atoms with Gasteiger partial charge in [-0.05, 0) is 52.0 Å². The van der Waals surface area contributed by atoms with Gasteiger partial charge in [-0.1, -0.05) is 7.43 Å². The van der Waals surface area contributed by atoms with E-state index in [1.165, 1.54) is 94.6 Å². The van der Waals surface area contributed by atoms with E-state index in [4.69, 9.17) is 47.7 Å². The van der Waals surface area contributed by atoms with Crippen LogP contribution in [-0.4, -0.2) is 124 Å². The van der Waals surface area contributed by atoms with Crippen molar-refractivity contribution >= 4 is 85.6 Å². The number of rotatable bonds is 20. The number of halogens is 2. The average molecular weight is 1210 g/mol. The van der Waals surface area contributed by atoms with E-state index in [1.807, 2.05) is 0 Å². The first-order valence-corrected chi connectivity index (χ1v) is 25.8. The molecule has 8 rings (SSSR count). The number of amides is 2. The van der Waals surface area contributed by atoms with Gasteiger partial charge in [-0.3, -0.25) is 23.9 Å². The van der Waals surface area contributed by atoms with Gasteiger partial charge < -0.3 is 93.3 Å². The first kappa shape index (κ1) is 68.0. The number of nitrogens with zero attached hydrogens (tertiary/aromatic N) is 8. The Kier molecular flexibility index (Phi) is 22.7. The molecule has 0 spiro atoms. The number of nitrogens with one attached hydrogen (secondary N) is 4. The second kappa shape index (κ2) is 27.7. The Morgan fingerprint density at radius 2 is 0.940 bits per heavy atom. The van der Waals surface area contributed by atoms with Gasteiger partial charge in [0.1, 0.15) is 25.1 Å². The van der Waals surface area contributed by atoms with Crippen LogP contribution in [0.25, 0.3) is 0 Å². The predicted octanol–water partition coefficient (Wildman–Crippen LogP) is 2.39. The van der Waals surface area contributed by atoms with Crippen molar-refractivity contribution in [3.05, 3.63) is 72.6 Å². The molecule has 83 heavy (non-hydrogen) atoms. The Morgan fingerprint density at radius 1 is 0.590 bits per heavy atom. The molecular weight excluding hydrogens is 1160 g/mol. The van der Waals surface area contributed by atoms with Gasteiger partial charge in [0.15, 0.2) is 80.6 Å². The molecule has 0 unspecified atom stereocenters. The molecule has 0 fully saturated rings. The number of fused-ring (bicyclic) bond motifs is 2. The van der Waals surface area contributed by atoms with Gasteiger partial charge in [0.05, 0.1) is 62.9 Å². The van der Waals surface area contributed by atoms with E-state index >= 15 is 0 Å². The Hall–Kier alpha value is -7.52. The van der Waals surface area contributed by atoms with Crippen molar-refractivity contribution in [1.29, 1.82) is 0 Å². The first-order chi connectivity index (χ1) is 37.7. The molecule has 2 aromatic carbocycles. The van der Waals surface area contributed by atoms with Crippen molar-refractivity contribution in [3.8, 4) is 46.0 Å². The number of hydrogen-bond acceptors (Lipinski definition) is 27. The molecule has 0 radical (unpaired) electrons. The van der Waals surface area contributed by atoms with E-state index < -0.39 is 63.8 Å².